The first kappa shape index (κ1) is 9.90. The maximum absolute atomic E-state index is 9.98. The molecule has 0 radical (unpaired) electrons. The van der Waals surface area contributed by atoms with Gasteiger partial charge in [0.05, 0.1) is 6.10 Å². The van der Waals surface area contributed by atoms with E-state index in [4.69, 9.17) is 0 Å². The molecule has 1 N–H and O–H groups in total. The number of rotatable bonds is 3. The van der Waals surface area contributed by atoms with Gasteiger partial charge in [0.1, 0.15) is 0 Å². The van der Waals surface area contributed by atoms with Crippen molar-refractivity contribution in [2.24, 2.45) is 0 Å². The molecule has 0 aromatic carbocycles. The second-order valence-electron chi connectivity index (χ2n) is 3.27. The molecular weight excluding hydrogens is 212 g/mol. The molecule has 0 spiro atoms. The molecular formula is C11H12OS2. The summed E-state index contributed by atoms with van der Waals surface area (Å²) < 4.78 is 0. The van der Waals surface area contributed by atoms with E-state index in [1.165, 1.54) is 10.4 Å². The summed E-state index contributed by atoms with van der Waals surface area (Å²) in [7, 11) is 0. The van der Waals surface area contributed by atoms with Crippen molar-refractivity contribution < 1.29 is 5.11 Å². The Hall–Kier alpha value is -0.640. The van der Waals surface area contributed by atoms with Gasteiger partial charge in [0, 0.05) is 16.2 Å². The lowest BCUT2D eigenvalue weighted by atomic mass is 10.1. The van der Waals surface area contributed by atoms with Crippen molar-refractivity contribution in [1.82, 2.24) is 0 Å². The molecule has 0 fully saturated rings. The van der Waals surface area contributed by atoms with Gasteiger partial charge in [-0.05, 0) is 35.4 Å². The van der Waals surface area contributed by atoms with Crippen LogP contribution in [-0.4, -0.2) is 5.11 Å². The third kappa shape index (κ3) is 2.05. The van der Waals surface area contributed by atoms with Gasteiger partial charge in [-0.2, -0.15) is 0 Å². The number of aliphatic hydroxyl groups excluding tert-OH is 1. The molecule has 1 atom stereocenters. The van der Waals surface area contributed by atoms with Crippen LogP contribution in [0.4, 0.5) is 0 Å². The highest BCUT2D eigenvalue weighted by molar-refractivity contribution is 7.10. The fourth-order valence-electron chi connectivity index (χ4n) is 1.44. The lowest BCUT2D eigenvalue weighted by Crippen LogP contribution is -1.99. The van der Waals surface area contributed by atoms with Gasteiger partial charge >= 0.3 is 0 Å². The van der Waals surface area contributed by atoms with E-state index in [0.717, 1.165) is 11.3 Å². The molecule has 0 amide bonds. The molecule has 1 nitrogen and oxygen atoms in total. The lowest BCUT2D eigenvalue weighted by Gasteiger charge is -2.08. The average Bonchev–Trinajstić information content (AvgIpc) is 2.75. The standard InChI is InChI=1S/C11H12OS2/c1-8-4-6-14-11(8)10(12)7-9-3-2-5-13-9/h2-6,10,12H,7H2,1H3. The van der Waals surface area contributed by atoms with Gasteiger partial charge in [-0.15, -0.1) is 22.7 Å². The molecule has 0 aliphatic rings. The van der Waals surface area contributed by atoms with Crippen LogP contribution in [0.2, 0.25) is 0 Å². The molecule has 2 heterocycles. The minimum absolute atomic E-state index is 0.339. The van der Waals surface area contributed by atoms with E-state index in [0.29, 0.717) is 0 Å². The van der Waals surface area contributed by atoms with E-state index in [9.17, 15) is 5.11 Å². The Morgan fingerprint density at radius 3 is 2.71 bits per heavy atom. The fourth-order valence-corrected chi connectivity index (χ4v) is 3.09. The number of thiophene rings is 2. The fraction of sp³-hybridized carbons (Fsp3) is 0.273. The summed E-state index contributed by atoms with van der Waals surface area (Å²) in [5.74, 6) is 0. The van der Waals surface area contributed by atoms with Gasteiger partial charge in [-0.3, -0.25) is 0 Å². The zero-order valence-electron chi connectivity index (χ0n) is 7.93. The van der Waals surface area contributed by atoms with E-state index in [-0.39, 0.29) is 6.10 Å². The summed E-state index contributed by atoms with van der Waals surface area (Å²) in [6.45, 7) is 2.05. The van der Waals surface area contributed by atoms with Gasteiger partial charge in [-0.1, -0.05) is 6.07 Å². The van der Waals surface area contributed by atoms with Crippen LogP contribution >= 0.6 is 22.7 Å². The van der Waals surface area contributed by atoms with Crippen molar-refractivity contribution in [2.75, 3.05) is 0 Å². The first-order chi connectivity index (χ1) is 6.77. The van der Waals surface area contributed by atoms with Crippen LogP contribution < -0.4 is 0 Å². The molecule has 1 unspecified atom stereocenters. The molecule has 2 aromatic heterocycles. The quantitative estimate of drug-likeness (QED) is 0.847. The zero-order valence-corrected chi connectivity index (χ0v) is 9.57. The molecule has 74 valence electrons. The van der Waals surface area contributed by atoms with Crippen LogP contribution in [-0.2, 0) is 6.42 Å². The predicted octanol–water partition coefficient (Wildman–Crippen LogP) is 3.39. The maximum atomic E-state index is 9.98. The molecule has 0 aliphatic heterocycles. The smallest absolute Gasteiger partial charge is 0.0932 e. The minimum Gasteiger partial charge on any atom is -0.387 e. The first-order valence-electron chi connectivity index (χ1n) is 4.52. The van der Waals surface area contributed by atoms with Gasteiger partial charge in [0.2, 0.25) is 0 Å². The van der Waals surface area contributed by atoms with Gasteiger partial charge in [-0.25, -0.2) is 0 Å². The molecule has 0 aliphatic carbocycles. The molecule has 0 saturated carbocycles. The number of hydrogen-bond donors (Lipinski definition) is 1. The molecule has 2 aromatic rings. The Bertz CT molecular complexity index is 389. The Morgan fingerprint density at radius 1 is 1.29 bits per heavy atom. The summed E-state index contributed by atoms with van der Waals surface area (Å²) in [6.07, 6.45) is 0.396. The van der Waals surface area contributed by atoms with Gasteiger partial charge in [0.15, 0.2) is 0 Å². The van der Waals surface area contributed by atoms with E-state index in [1.54, 1.807) is 22.7 Å². The molecule has 3 heteroatoms. The van der Waals surface area contributed by atoms with Crippen LogP contribution in [0.25, 0.3) is 0 Å². The predicted molar refractivity (Wildman–Crippen MR) is 62.0 cm³/mol. The van der Waals surface area contributed by atoms with E-state index >= 15 is 0 Å². The Morgan fingerprint density at radius 2 is 2.14 bits per heavy atom. The van der Waals surface area contributed by atoms with Gasteiger partial charge in [0.25, 0.3) is 0 Å². The normalized spacial score (nSPS) is 13.0. The SMILES string of the molecule is Cc1ccsc1C(O)Cc1cccs1. The van der Waals surface area contributed by atoms with Crippen LogP contribution in [0.15, 0.2) is 29.0 Å². The van der Waals surface area contributed by atoms with Crippen molar-refractivity contribution in [3.05, 3.63) is 44.3 Å². The molecule has 0 bridgehead atoms. The summed E-state index contributed by atoms with van der Waals surface area (Å²) >= 11 is 3.33. The van der Waals surface area contributed by atoms with Crippen molar-refractivity contribution in [1.29, 1.82) is 0 Å². The van der Waals surface area contributed by atoms with Crippen LogP contribution in [0.1, 0.15) is 21.4 Å². The number of aliphatic hydroxyl groups is 1. The van der Waals surface area contributed by atoms with E-state index < -0.39 is 0 Å². The maximum Gasteiger partial charge on any atom is 0.0932 e. The first-order valence-corrected chi connectivity index (χ1v) is 6.27. The summed E-state index contributed by atoms with van der Waals surface area (Å²) in [4.78, 5) is 2.34. The second-order valence-corrected chi connectivity index (χ2v) is 5.25. The Labute approximate surface area is 91.7 Å². The third-order valence-electron chi connectivity index (χ3n) is 2.18. The van der Waals surface area contributed by atoms with Crippen molar-refractivity contribution in [2.45, 2.75) is 19.4 Å². The zero-order chi connectivity index (χ0) is 9.97. The van der Waals surface area contributed by atoms with E-state index in [2.05, 4.69) is 12.1 Å². The summed E-state index contributed by atoms with van der Waals surface area (Å²) in [6, 6.07) is 6.14. The number of aryl methyl sites for hydroxylation is 1. The third-order valence-corrected chi connectivity index (χ3v) is 4.20. The van der Waals surface area contributed by atoms with E-state index in [1.807, 2.05) is 23.8 Å². The summed E-state index contributed by atoms with van der Waals surface area (Å²) in [5.41, 5.74) is 1.19. The van der Waals surface area contributed by atoms with Crippen LogP contribution in [0, 0.1) is 6.92 Å². The van der Waals surface area contributed by atoms with Gasteiger partial charge < -0.3 is 5.11 Å². The number of hydrogen-bond acceptors (Lipinski definition) is 3. The molecule has 14 heavy (non-hydrogen) atoms. The highest BCUT2D eigenvalue weighted by atomic mass is 32.1. The Balaban J connectivity index is 2.10. The summed E-state index contributed by atoms with van der Waals surface area (Å²) in [5, 5.41) is 14.1. The second kappa shape index (κ2) is 4.26. The minimum atomic E-state index is -0.339. The van der Waals surface area contributed by atoms with Crippen molar-refractivity contribution >= 4 is 22.7 Å². The highest BCUT2D eigenvalue weighted by Crippen LogP contribution is 2.27. The monoisotopic (exact) mass is 224 g/mol. The molecule has 2 rings (SSSR count). The van der Waals surface area contributed by atoms with Crippen LogP contribution in [0.5, 0.6) is 0 Å². The highest BCUT2D eigenvalue weighted by Gasteiger charge is 2.12. The molecule has 0 saturated heterocycles. The largest absolute Gasteiger partial charge is 0.387 e. The Kier molecular flexibility index (Phi) is 3.01. The topological polar surface area (TPSA) is 20.2 Å². The van der Waals surface area contributed by atoms with Crippen molar-refractivity contribution in [3.63, 3.8) is 0 Å². The average molecular weight is 224 g/mol. The van der Waals surface area contributed by atoms with Crippen LogP contribution in [0.3, 0.4) is 0 Å². The van der Waals surface area contributed by atoms with Crippen molar-refractivity contribution in [3.8, 4) is 0 Å². The lowest BCUT2D eigenvalue weighted by molar-refractivity contribution is 0.182.